The van der Waals surface area contributed by atoms with Crippen LogP contribution in [-0.4, -0.2) is 49.7 Å². The molecular formula is C23H16N2O12S3. The second kappa shape index (κ2) is 10.0. The maximum Gasteiger partial charge on any atom is 0.295 e. The predicted molar refractivity (Wildman–Crippen MR) is 140 cm³/mol. The second-order valence-corrected chi connectivity index (χ2v) is 12.4. The summed E-state index contributed by atoms with van der Waals surface area (Å²) in [7, 11) is -15.5. The first-order chi connectivity index (χ1) is 18.5. The molecule has 4 aromatic carbocycles. The maximum atomic E-state index is 13.0. The fraction of sp³-hybridized carbons (Fsp3) is 0. The van der Waals surface area contributed by atoms with Crippen LogP contribution in [-0.2, 0) is 30.4 Å². The van der Waals surface area contributed by atoms with E-state index in [0.717, 1.165) is 12.1 Å². The highest BCUT2D eigenvalue weighted by atomic mass is 32.2. The first-order valence-electron chi connectivity index (χ1n) is 10.7. The van der Waals surface area contributed by atoms with Crippen LogP contribution in [0.4, 0.5) is 11.4 Å². The first kappa shape index (κ1) is 28.7. The molecule has 0 radical (unpaired) electrons. The Bertz CT molecular complexity index is 2020. The van der Waals surface area contributed by atoms with Crippen LogP contribution in [0.3, 0.4) is 0 Å². The van der Waals surface area contributed by atoms with Gasteiger partial charge in [0.05, 0.1) is 15.5 Å². The number of carbonyl (C=O) groups excluding carboxylic acids is 1. The molecule has 0 aliphatic carbocycles. The smallest absolute Gasteiger partial charge is 0.295 e. The molecule has 4 aromatic rings. The van der Waals surface area contributed by atoms with Gasteiger partial charge in [-0.05, 0) is 59.7 Å². The summed E-state index contributed by atoms with van der Waals surface area (Å²) < 4.78 is 100. The van der Waals surface area contributed by atoms with Crippen molar-refractivity contribution in [3.63, 3.8) is 0 Å². The van der Waals surface area contributed by atoms with E-state index in [4.69, 9.17) is 0 Å². The number of hydrogen-bond acceptors (Lipinski definition) is 9. The second-order valence-electron chi connectivity index (χ2n) is 8.22. The molecule has 14 nitrogen and oxygen atoms in total. The number of non-ortho nitro benzene ring substituents is 1. The summed E-state index contributed by atoms with van der Waals surface area (Å²) >= 11 is 0. The molecule has 4 N–H and O–H groups in total. The molecule has 0 aromatic heterocycles. The Morgan fingerprint density at radius 2 is 1.23 bits per heavy atom. The molecule has 4 rings (SSSR count). The number of fused-ring (bicyclic) bond motifs is 1. The van der Waals surface area contributed by atoms with Gasteiger partial charge in [0.25, 0.3) is 41.9 Å². The molecule has 0 fully saturated rings. The Labute approximate surface area is 226 Å². The summed E-state index contributed by atoms with van der Waals surface area (Å²) in [4.78, 5) is 20.0. The third kappa shape index (κ3) is 5.83. The van der Waals surface area contributed by atoms with Gasteiger partial charge in [-0.2, -0.15) is 25.3 Å². The number of anilines is 1. The zero-order chi connectivity index (χ0) is 29.6. The van der Waals surface area contributed by atoms with Crippen LogP contribution in [0.15, 0.2) is 87.5 Å². The van der Waals surface area contributed by atoms with Crippen molar-refractivity contribution in [3.05, 3.63) is 88.5 Å². The Kier molecular flexibility index (Phi) is 7.22. The van der Waals surface area contributed by atoms with Crippen LogP contribution in [0.5, 0.6) is 0 Å². The minimum absolute atomic E-state index is 0.0284. The fourth-order valence-corrected chi connectivity index (χ4v) is 5.90. The van der Waals surface area contributed by atoms with Gasteiger partial charge in [-0.3, -0.25) is 28.6 Å². The zero-order valence-electron chi connectivity index (χ0n) is 19.6. The Hall–Kier alpha value is -4.26. The monoisotopic (exact) mass is 608 g/mol. The summed E-state index contributed by atoms with van der Waals surface area (Å²) in [5.74, 6) is -0.837. The Balaban J connectivity index is 1.81. The Morgan fingerprint density at radius 3 is 1.70 bits per heavy atom. The number of benzene rings is 4. The predicted octanol–water partition coefficient (Wildman–Crippen LogP) is 3.41. The SMILES string of the molecule is O=C(Nc1ccc(S(=O)(=O)O)c2cc(S(=O)(=O)O)cc(S(=O)(=O)O)c12)c1ccc(-c2ccc([N+](=O)[O-])cc2)cc1. The lowest BCUT2D eigenvalue weighted by molar-refractivity contribution is -0.384. The van der Waals surface area contributed by atoms with Crippen LogP contribution >= 0.6 is 0 Å². The Morgan fingerprint density at radius 1 is 0.700 bits per heavy atom. The van der Waals surface area contributed by atoms with Crippen LogP contribution in [0.1, 0.15) is 10.4 Å². The summed E-state index contributed by atoms with van der Waals surface area (Å²) in [5.41, 5.74) is 0.736. The molecule has 0 unspecified atom stereocenters. The van der Waals surface area contributed by atoms with Crippen LogP contribution in [0, 0.1) is 10.1 Å². The number of hydrogen-bond donors (Lipinski definition) is 4. The van der Waals surface area contributed by atoms with E-state index in [1.807, 2.05) is 0 Å². The minimum Gasteiger partial charge on any atom is -0.321 e. The zero-order valence-corrected chi connectivity index (χ0v) is 22.1. The summed E-state index contributed by atoms with van der Waals surface area (Å²) in [5, 5.41) is 11.8. The number of amides is 1. The highest BCUT2D eigenvalue weighted by Gasteiger charge is 2.27. The third-order valence-electron chi connectivity index (χ3n) is 5.67. The maximum absolute atomic E-state index is 13.0. The fourth-order valence-electron chi connectivity index (χ4n) is 3.86. The van der Waals surface area contributed by atoms with Crippen LogP contribution in [0.25, 0.3) is 21.9 Å². The standard InChI is InChI=1S/C23H16N2O12S3/c26-23(15-3-1-13(2-4-15)14-5-7-16(8-6-14)25(27)28)24-19-9-10-20(39(32,33)34)18-11-17(38(29,30)31)12-21(22(18)19)40(35,36)37/h1-12H,(H,24,26)(H,29,30,31)(H,32,33,34)(H,35,36,37). The molecule has 0 saturated carbocycles. The highest BCUT2D eigenvalue weighted by Crippen LogP contribution is 2.37. The van der Waals surface area contributed by atoms with Crippen molar-refractivity contribution in [2.75, 3.05) is 5.32 Å². The van der Waals surface area contributed by atoms with Crippen molar-refractivity contribution >= 4 is 58.4 Å². The molecule has 0 spiro atoms. The van der Waals surface area contributed by atoms with E-state index < -0.39 is 66.6 Å². The van der Waals surface area contributed by atoms with Gasteiger partial charge >= 0.3 is 0 Å². The van der Waals surface area contributed by atoms with E-state index in [2.05, 4.69) is 5.32 Å². The molecule has 1 amide bonds. The molecule has 0 aliphatic heterocycles. The van der Waals surface area contributed by atoms with Crippen molar-refractivity contribution < 1.29 is 48.6 Å². The average Bonchev–Trinajstić information content (AvgIpc) is 2.86. The molecule has 0 bridgehead atoms. The van der Waals surface area contributed by atoms with Crippen molar-refractivity contribution in [3.8, 4) is 11.1 Å². The lowest BCUT2D eigenvalue weighted by atomic mass is 10.0. The van der Waals surface area contributed by atoms with Gasteiger partial charge in [0.15, 0.2) is 0 Å². The lowest BCUT2D eigenvalue weighted by Crippen LogP contribution is -2.14. The topological polar surface area (TPSA) is 235 Å². The molecule has 17 heteroatoms. The average molecular weight is 609 g/mol. The van der Waals surface area contributed by atoms with E-state index in [-0.39, 0.29) is 16.9 Å². The van der Waals surface area contributed by atoms with Gasteiger partial charge in [-0.25, -0.2) is 0 Å². The number of nitro benzene ring substituents is 1. The number of nitrogens with one attached hydrogen (secondary N) is 1. The molecule has 0 aliphatic rings. The van der Waals surface area contributed by atoms with Crippen molar-refractivity contribution in [1.82, 2.24) is 0 Å². The summed E-state index contributed by atoms with van der Waals surface area (Å²) in [6.07, 6.45) is 0. The van der Waals surface area contributed by atoms with E-state index in [1.54, 1.807) is 0 Å². The third-order valence-corrected chi connectivity index (χ3v) is 8.29. The van der Waals surface area contributed by atoms with Crippen molar-refractivity contribution in [2.45, 2.75) is 14.7 Å². The normalized spacial score (nSPS) is 12.3. The van der Waals surface area contributed by atoms with Gasteiger partial charge in [0, 0.05) is 28.5 Å². The molecule has 40 heavy (non-hydrogen) atoms. The first-order valence-corrected chi connectivity index (χ1v) is 15.0. The number of nitrogens with zero attached hydrogens (tertiary/aromatic N) is 1. The van der Waals surface area contributed by atoms with Gasteiger partial charge in [0.1, 0.15) is 9.79 Å². The highest BCUT2D eigenvalue weighted by molar-refractivity contribution is 7.87. The summed E-state index contributed by atoms with van der Waals surface area (Å²) in [6, 6.07) is 14.0. The molecule has 0 atom stereocenters. The van der Waals surface area contributed by atoms with Gasteiger partial charge in [0.2, 0.25) is 0 Å². The van der Waals surface area contributed by atoms with Crippen molar-refractivity contribution in [1.29, 1.82) is 0 Å². The van der Waals surface area contributed by atoms with Crippen LogP contribution in [0.2, 0.25) is 0 Å². The quantitative estimate of drug-likeness (QED) is 0.134. The van der Waals surface area contributed by atoms with Gasteiger partial charge in [-0.15, -0.1) is 0 Å². The summed E-state index contributed by atoms with van der Waals surface area (Å²) in [6.45, 7) is 0. The number of nitro groups is 1. The van der Waals surface area contributed by atoms with E-state index >= 15 is 0 Å². The molecule has 208 valence electrons. The largest absolute Gasteiger partial charge is 0.321 e. The lowest BCUT2D eigenvalue weighted by Gasteiger charge is -2.15. The van der Waals surface area contributed by atoms with E-state index in [9.17, 15) is 53.8 Å². The molecule has 0 saturated heterocycles. The van der Waals surface area contributed by atoms with Crippen molar-refractivity contribution in [2.24, 2.45) is 0 Å². The van der Waals surface area contributed by atoms with E-state index in [1.165, 1.54) is 48.5 Å². The van der Waals surface area contributed by atoms with E-state index in [0.29, 0.717) is 23.3 Å². The molecular weight excluding hydrogens is 592 g/mol. The number of carbonyl (C=O) groups is 1. The minimum atomic E-state index is -5.29. The number of rotatable bonds is 7. The molecule has 0 heterocycles. The van der Waals surface area contributed by atoms with Crippen LogP contribution < -0.4 is 5.32 Å². The van der Waals surface area contributed by atoms with Gasteiger partial charge in [-0.1, -0.05) is 12.1 Å². The van der Waals surface area contributed by atoms with Gasteiger partial charge < -0.3 is 5.32 Å².